The zero-order chi connectivity index (χ0) is 17.6. The Balaban J connectivity index is 2.22. The van der Waals surface area contributed by atoms with Gasteiger partial charge in [-0.2, -0.15) is 0 Å². The predicted octanol–water partition coefficient (Wildman–Crippen LogP) is 4.18. The molecule has 0 saturated heterocycles. The van der Waals surface area contributed by atoms with Gasteiger partial charge in [0.05, 0.1) is 6.61 Å². The van der Waals surface area contributed by atoms with Crippen LogP contribution in [0.2, 0.25) is 0 Å². The van der Waals surface area contributed by atoms with E-state index in [-0.39, 0.29) is 18.1 Å². The van der Waals surface area contributed by atoms with E-state index < -0.39 is 31.4 Å². The second-order valence-electron chi connectivity index (χ2n) is 4.66. The molecule has 5 nitrogen and oxygen atoms in total. The number of hydrogen-bond donors (Lipinski definition) is 0. The van der Waals surface area contributed by atoms with Crippen molar-refractivity contribution in [2.75, 3.05) is 12.8 Å². The summed E-state index contributed by atoms with van der Waals surface area (Å²) in [6.45, 7) is 1.70. The second-order valence-corrected chi connectivity index (χ2v) is 6.57. The molecule has 0 fully saturated rings. The number of ether oxygens (including phenoxy) is 1. The first-order valence-corrected chi connectivity index (χ1v) is 8.78. The molecule has 2 rings (SSSR count). The summed E-state index contributed by atoms with van der Waals surface area (Å²) in [5.41, 5.74) is 0. The SMILES string of the molecule is CCOC(=O)CP(=O)(Oc1ccc(F)cc1)Oc1ccc(F)cc1. The van der Waals surface area contributed by atoms with Crippen molar-refractivity contribution in [3.63, 3.8) is 0 Å². The maximum absolute atomic E-state index is 12.9. The molecule has 0 N–H and O–H groups in total. The summed E-state index contributed by atoms with van der Waals surface area (Å²) < 4.78 is 54.1. The Labute approximate surface area is 137 Å². The fourth-order valence-corrected chi connectivity index (χ4v) is 3.22. The fourth-order valence-electron chi connectivity index (χ4n) is 1.76. The van der Waals surface area contributed by atoms with Crippen molar-refractivity contribution in [1.29, 1.82) is 0 Å². The lowest BCUT2D eigenvalue weighted by atomic mass is 10.3. The third-order valence-electron chi connectivity index (χ3n) is 2.74. The van der Waals surface area contributed by atoms with Gasteiger partial charge >= 0.3 is 13.6 Å². The number of carbonyl (C=O) groups excluding carboxylic acids is 1. The van der Waals surface area contributed by atoms with Crippen LogP contribution in [0.15, 0.2) is 48.5 Å². The first kappa shape index (κ1) is 17.9. The van der Waals surface area contributed by atoms with Crippen LogP contribution in [0.5, 0.6) is 11.5 Å². The number of esters is 1. The summed E-state index contributed by atoms with van der Waals surface area (Å²) >= 11 is 0. The Morgan fingerprint density at radius 2 is 1.33 bits per heavy atom. The van der Waals surface area contributed by atoms with E-state index in [1.807, 2.05) is 0 Å². The Morgan fingerprint density at radius 3 is 1.71 bits per heavy atom. The van der Waals surface area contributed by atoms with E-state index in [4.69, 9.17) is 13.8 Å². The maximum Gasteiger partial charge on any atom is 0.441 e. The normalized spacial score (nSPS) is 11.0. The number of halogens is 2. The minimum absolute atomic E-state index is 0.0612. The third kappa shape index (κ3) is 5.35. The summed E-state index contributed by atoms with van der Waals surface area (Å²) in [6.07, 6.45) is -0.643. The summed E-state index contributed by atoms with van der Waals surface area (Å²) in [5.74, 6) is -1.65. The van der Waals surface area contributed by atoms with Gasteiger partial charge < -0.3 is 13.8 Å². The second kappa shape index (κ2) is 7.93. The molecule has 0 heterocycles. The molecule has 0 atom stereocenters. The first-order chi connectivity index (χ1) is 11.4. The molecule has 0 bridgehead atoms. The van der Waals surface area contributed by atoms with Gasteiger partial charge in [0, 0.05) is 0 Å². The lowest BCUT2D eigenvalue weighted by Crippen LogP contribution is -2.15. The fraction of sp³-hybridized carbons (Fsp3) is 0.188. The largest absolute Gasteiger partial charge is 0.465 e. The molecule has 0 radical (unpaired) electrons. The average Bonchev–Trinajstić information content (AvgIpc) is 2.52. The monoisotopic (exact) mass is 356 g/mol. The van der Waals surface area contributed by atoms with E-state index in [1.54, 1.807) is 6.92 Å². The number of rotatable bonds is 7. The van der Waals surface area contributed by atoms with Crippen molar-refractivity contribution in [1.82, 2.24) is 0 Å². The standard InChI is InChI=1S/C16H15F2O5P/c1-2-21-16(19)11-24(20,22-14-7-3-12(17)4-8-14)23-15-9-5-13(18)6-10-15/h3-10H,2,11H2,1H3. The Morgan fingerprint density at radius 1 is 0.917 bits per heavy atom. The zero-order valence-corrected chi connectivity index (χ0v) is 13.7. The lowest BCUT2D eigenvalue weighted by molar-refractivity contribution is -0.140. The van der Waals surface area contributed by atoms with Crippen molar-refractivity contribution in [2.24, 2.45) is 0 Å². The van der Waals surface area contributed by atoms with Crippen molar-refractivity contribution in [2.45, 2.75) is 6.92 Å². The van der Waals surface area contributed by atoms with Crippen LogP contribution in [0.4, 0.5) is 8.78 Å². The molecule has 0 saturated carbocycles. The van der Waals surface area contributed by atoms with Crippen molar-refractivity contribution in [3.05, 3.63) is 60.2 Å². The average molecular weight is 356 g/mol. The predicted molar refractivity (Wildman–Crippen MR) is 83.2 cm³/mol. The van der Waals surface area contributed by atoms with Crippen molar-refractivity contribution < 1.29 is 31.9 Å². The molecule has 0 unspecified atom stereocenters. The minimum Gasteiger partial charge on any atom is -0.465 e. The molecule has 24 heavy (non-hydrogen) atoms. The van der Waals surface area contributed by atoms with Gasteiger partial charge in [-0.05, 0) is 55.5 Å². The van der Waals surface area contributed by atoms with E-state index in [2.05, 4.69) is 0 Å². The molecule has 0 aliphatic carbocycles. The summed E-state index contributed by atoms with van der Waals surface area (Å²) in [5, 5.41) is 0. The van der Waals surface area contributed by atoms with Crippen LogP contribution in [-0.2, 0) is 14.1 Å². The summed E-state index contributed by atoms with van der Waals surface area (Å²) in [7, 11) is -4.00. The molecule has 0 aliphatic heterocycles. The maximum atomic E-state index is 12.9. The van der Waals surface area contributed by atoms with Gasteiger partial charge in [-0.15, -0.1) is 0 Å². The lowest BCUT2D eigenvalue weighted by Gasteiger charge is -2.19. The van der Waals surface area contributed by atoms with Gasteiger partial charge in [0.1, 0.15) is 23.1 Å². The highest BCUT2D eigenvalue weighted by Gasteiger charge is 2.33. The number of hydrogen-bond acceptors (Lipinski definition) is 5. The molecular weight excluding hydrogens is 341 g/mol. The number of carbonyl (C=O) groups is 1. The van der Waals surface area contributed by atoms with Gasteiger partial charge in [0.15, 0.2) is 6.16 Å². The molecule has 2 aromatic carbocycles. The van der Waals surface area contributed by atoms with Crippen LogP contribution in [0.3, 0.4) is 0 Å². The van der Waals surface area contributed by atoms with E-state index in [0.29, 0.717) is 0 Å². The van der Waals surface area contributed by atoms with Crippen LogP contribution >= 0.6 is 7.60 Å². The molecule has 0 aliphatic rings. The highest BCUT2D eigenvalue weighted by atomic mass is 31.2. The van der Waals surface area contributed by atoms with Crippen LogP contribution in [0.25, 0.3) is 0 Å². The van der Waals surface area contributed by atoms with Crippen LogP contribution in [-0.4, -0.2) is 18.7 Å². The Bertz CT molecular complexity index is 680. The molecular formula is C16H15F2O5P. The molecule has 128 valence electrons. The van der Waals surface area contributed by atoms with Gasteiger partial charge in [-0.25, -0.2) is 13.3 Å². The zero-order valence-electron chi connectivity index (χ0n) is 12.8. The quantitative estimate of drug-likeness (QED) is 0.550. The van der Waals surface area contributed by atoms with Gasteiger partial charge in [0.25, 0.3) is 0 Å². The van der Waals surface area contributed by atoms with Gasteiger partial charge in [0.2, 0.25) is 0 Å². The van der Waals surface area contributed by atoms with Crippen molar-refractivity contribution in [3.8, 4) is 11.5 Å². The summed E-state index contributed by atoms with van der Waals surface area (Å²) in [4.78, 5) is 11.7. The first-order valence-electron chi connectivity index (χ1n) is 7.05. The molecule has 8 heteroatoms. The smallest absolute Gasteiger partial charge is 0.441 e. The minimum atomic E-state index is -4.00. The number of benzene rings is 2. The molecule has 2 aromatic rings. The molecule has 0 amide bonds. The van der Waals surface area contributed by atoms with E-state index in [9.17, 15) is 18.1 Å². The summed E-state index contributed by atoms with van der Waals surface area (Å²) in [6, 6.07) is 9.46. The molecule has 0 aromatic heterocycles. The van der Waals surface area contributed by atoms with E-state index in [1.165, 1.54) is 24.3 Å². The van der Waals surface area contributed by atoms with E-state index >= 15 is 0 Å². The highest BCUT2D eigenvalue weighted by Crippen LogP contribution is 2.48. The Hall–Kier alpha value is -2.40. The van der Waals surface area contributed by atoms with Gasteiger partial charge in [-0.3, -0.25) is 4.79 Å². The van der Waals surface area contributed by atoms with Crippen LogP contribution in [0.1, 0.15) is 6.92 Å². The topological polar surface area (TPSA) is 61.8 Å². The van der Waals surface area contributed by atoms with Crippen LogP contribution in [0, 0.1) is 11.6 Å². The molecule has 0 spiro atoms. The van der Waals surface area contributed by atoms with Gasteiger partial charge in [-0.1, -0.05) is 0 Å². The highest BCUT2D eigenvalue weighted by molar-refractivity contribution is 7.55. The third-order valence-corrected chi connectivity index (χ3v) is 4.37. The Kier molecular flexibility index (Phi) is 5.93. The van der Waals surface area contributed by atoms with Crippen molar-refractivity contribution >= 4 is 13.6 Å². The van der Waals surface area contributed by atoms with E-state index in [0.717, 1.165) is 24.3 Å². The van der Waals surface area contributed by atoms with Crippen LogP contribution < -0.4 is 9.05 Å².